The average Bonchev–Trinajstić information content (AvgIpc) is 2.42. The van der Waals surface area contributed by atoms with Gasteiger partial charge in [0, 0.05) is 6.04 Å². The molecule has 0 aromatic heterocycles. The van der Waals surface area contributed by atoms with Crippen molar-refractivity contribution in [2.75, 3.05) is 0 Å². The molecule has 0 heterocycles. The zero-order valence-electron chi connectivity index (χ0n) is 13.0. The predicted molar refractivity (Wildman–Crippen MR) is 92.1 cm³/mol. The minimum absolute atomic E-state index is 0.0151. The molecule has 2 aromatic rings. The highest BCUT2D eigenvalue weighted by molar-refractivity contribution is 9.10. The first-order valence-electron chi connectivity index (χ1n) is 7.22. The molecular formula is C18H22BrNO. The van der Waals surface area contributed by atoms with Gasteiger partial charge >= 0.3 is 0 Å². The zero-order valence-corrected chi connectivity index (χ0v) is 14.6. The number of hydrogen-bond donors (Lipinski definition) is 1. The molecule has 1 atom stereocenters. The maximum atomic E-state index is 6.08. The van der Waals surface area contributed by atoms with Crippen molar-refractivity contribution in [3.8, 4) is 11.5 Å². The second kappa shape index (κ2) is 6.63. The summed E-state index contributed by atoms with van der Waals surface area (Å²) in [5, 5.41) is 0. The van der Waals surface area contributed by atoms with E-state index in [1.165, 1.54) is 5.56 Å². The molecule has 0 unspecified atom stereocenters. The van der Waals surface area contributed by atoms with E-state index in [2.05, 4.69) is 54.9 Å². The molecule has 0 fully saturated rings. The molecule has 0 aliphatic rings. The molecule has 21 heavy (non-hydrogen) atoms. The van der Waals surface area contributed by atoms with Crippen molar-refractivity contribution in [3.05, 3.63) is 57.6 Å². The number of halogens is 1. The fourth-order valence-electron chi connectivity index (χ4n) is 2.09. The van der Waals surface area contributed by atoms with Crippen LogP contribution in [-0.4, -0.2) is 0 Å². The predicted octanol–water partition coefficient (Wildman–Crippen LogP) is 5.69. The molecule has 2 aromatic carbocycles. The van der Waals surface area contributed by atoms with Crippen LogP contribution in [0.15, 0.2) is 40.9 Å². The van der Waals surface area contributed by atoms with Crippen LogP contribution in [-0.2, 0) is 0 Å². The van der Waals surface area contributed by atoms with Gasteiger partial charge in [-0.05, 0) is 70.6 Å². The van der Waals surface area contributed by atoms with E-state index >= 15 is 0 Å². The minimum Gasteiger partial charge on any atom is -0.456 e. The molecule has 0 aliphatic heterocycles. The summed E-state index contributed by atoms with van der Waals surface area (Å²) < 4.78 is 7.00. The Morgan fingerprint density at radius 3 is 2.19 bits per heavy atom. The lowest BCUT2D eigenvalue weighted by Crippen LogP contribution is -2.04. The maximum Gasteiger partial charge on any atom is 0.141 e. The summed E-state index contributed by atoms with van der Waals surface area (Å²) in [5.74, 6) is 2.19. The summed E-state index contributed by atoms with van der Waals surface area (Å²) in [7, 11) is 0. The van der Waals surface area contributed by atoms with Crippen LogP contribution in [0.1, 0.15) is 49.4 Å². The molecule has 0 saturated carbocycles. The molecule has 0 amide bonds. The van der Waals surface area contributed by atoms with E-state index in [1.54, 1.807) is 0 Å². The van der Waals surface area contributed by atoms with E-state index in [1.807, 2.05) is 25.1 Å². The molecular weight excluding hydrogens is 326 g/mol. The summed E-state index contributed by atoms with van der Waals surface area (Å²) >= 11 is 3.56. The van der Waals surface area contributed by atoms with Crippen LogP contribution in [0.4, 0.5) is 0 Å². The van der Waals surface area contributed by atoms with Crippen LogP contribution < -0.4 is 10.5 Å². The number of hydrogen-bond acceptors (Lipinski definition) is 2. The Labute approximate surface area is 135 Å². The van der Waals surface area contributed by atoms with E-state index in [4.69, 9.17) is 10.5 Å². The third kappa shape index (κ3) is 3.86. The Bertz CT molecular complexity index is 635. The SMILES string of the molecule is Cc1ccc(C(C)C)cc1Oc1ccc([C@@H](C)N)cc1Br. The van der Waals surface area contributed by atoms with Crippen molar-refractivity contribution in [2.24, 2.45) is 5.73 Å². The van der Waals surface area contributed by atoms with Crippen molar-refractivity contribution in [1.29, 1.82) is 0 Å². The van der Waals surface area contributed by atoms with Gasteiger partial charge in [-0.2, -0.15) is 0 Å². The van der Waals surface area contributed by atoms with Gasteiger partial charge in [-0.1, -0.05) is 32.0 Å². The van der Waals surface area contributed by atoms with Gasteiger partial charge in [0.2, 0.25) is 0 Å². The van der Waals surface area contributed by atoms with Gasteiger partial charge < -0.3 is 10.5 Å². The number of ether oxygens (including phenoxy) is 1. The first kappa shape index (κ1) is 16.1. The van der Waals surface area contributed by atoms with Crippen molar-refractivity contribution in [1.82, 2.24) is 0 Å². The Kier molecular flexibility index (Phi) is 5.07. The minimum atomic E-state index is 0.0151. The maximum absolute atomic E-state index is 6.08. The second-order valence-corrected chi connectivity index (χ2v) is 6.61. The topological polar surface area (TPSA) is 35.2 Å². The van der Waals surface area contributed by atoms with Crippen LogP contribution in [0.5, 0.6) is 11.5 Å². The Morgan fingerprint density at radius 1 is 0.952 bits per heavy atom. The van der Waals surface area contributed by atoms with Gasteiger partial charge in [0.15, 0.2) is 0 Å². The highest BCUT2D eigenvalue weighted by atomic mass is 79.9. The Balaban J connectivity index is 2.32. The standard InChI is InChI=1S/C18H22BrNO/c1-11(2)14-6-5-12(3)18(10-14)21-17-8-7-15(13(4)20)9-16(17)19/h5-11,13H,20H2,1-4H3/t13-/m1/s1. The van der Waals surface area contributed by atoms with Crippen LogP contribution in [0.3, 0.4) is 0 Å². The monoisotopic (exact) mass is 347 g/mol. The smallest absolute Gasteiger partial charge is 0.141 e. The molecule has 2 nitrogen and oxygen atoms in total. The molecule has 0 bridgehead atoms. The lowest BCUT2D eigenvalue weighted by Gasteiger charge is -2.15. The summed E-state index contributed by atoms with van der Waals surface area (Å²) in [6.07, 6.45) is 0. The van der Waals surface area contributed by atoms with Crippen LogP contribution in [0.25, 0.3) is 0 Å². The van der Waals surface area contributed by atoms with Gasteiger partial charge in [-0.3, -0.25) is 0 Å². The van der Waals surface area contributed by atoms with Crippen molar-refractivity contribution >= 4 is 15.9 Å². The quantitative estimate of drug-likeness (QED) is 0.770. The van der Waals surface area contributed by atoms with Crippen LogP contribution in [0, 0.1) is 6.92 Å². The molecule has 3 heteroatoms. The van der Waals surface area contributed by atoms with E-state index in [0.717, 1.165) is 27.1 Å². The third-order valence-corrected chi connectivity index (χ3v) is 4.20. The molecule has 112 valence electrons. The largest absolute Gasteiger partial charge is 0.456 e. The fraction of sp³-hybridized carbons (Fsp3) is 0.333. The fourth-order valence-corrected chi connectivity index (χ4v) is 2.56. The summed E-state index contributed by atoms with van der Waals surface area (Å²) in [5.41, 5.74) is 9.39. The number of benzene rings is 2. The van der Waals surface area contributed by atoms with E-state index in [-0.39, 0.29) is 6.04 Å². The second-order valence-electron chi connectivity index (χ2n) is 5.76. The van der Waals surface area contributed by atoms with Crippen molar-refractivity contribution in [3.63, 3.8) is 0 Å². The summed E-state index contributed by atoms with van der Waals surface area (Å²) in [6.45, 7) is 8.39. The first-order valence-corrected chi connectivity index (χ1v) is 8.01. The summed E-state index contributed by atoms with van der Waals surface area (Å²) in [4.78, 5) is 0. The Morgan fingerprint density at radius 2 is 1.62 bits per heavy atom. The van der Waals surface area contributed by atoms with E-state index in [0.29, 0.717) is 5.92 Å². The molecule has 2 N–H and O–H groups in total. The normalized spacial score (nSPS) is 12.5. The van der Waals surface area contributed by atoms with Gasteiger partial charge in [-0.25, -0.2) is 0 Å². The van der Waals surface area contributed by atoms with Gasteiger partial charge in [0.25, 0.3) is 0 Å². The van der Waals surface area contributed by atoms with Gasteiger partial charge in [0.1, 0.15) is 11.5 Å². The molecule has 0 spiro atoms. The number of rotatable bonds is 4. The highest BCUT2D eigenvalue weighted by Gasteiger charge is 2.10. The summed E-state index contributed by atoms with van der Waals surface area (Å²) in [6, 6.07) is 12.4. The lowest BCUT2D eigenvalue weighted by molar-refractivity contribution is 0.474. The molecule has 0 aliphatic carbocycles. The molecule has 2 rings (SSSR count). The van der Waals surface area contributed by atoms with Crippen molar-refractivity contribution < 1.29 is 4.74 Å². The molecule has 0 saturated heterocycles. The molecule has 0 radical (unpaired) electrons. The Hall–Kier alpha value is -1.32. The van der Waals surface area contributed by atoms with Crippen molar-refractivity contribution in [2.45, 2.75) is 39.7 Å². The van der Waals surface area contributed by atoms with E-state index < -0.39 is 0 Å². The highest BCUT2D eigenvalue weighted by Crippen LogP contribution is 2.34. The average molecular weight is 348 g/mol. The van der Waals surface area contributed by atoms with Crippen LogP contribution >= 0.6 is 15.9 Å². The van der Waals surface area contributed by atoms with Gasteiger partial charge in [-0.15, -0.1) is 0 Å². The number of aryl methyl sites for hydroxylation is 1. The van der Waals surface area contributed by atoms with Crippen LogP contribution in [0.2, 0.25) is 0 Å². The first-order chi connectivity index (χ1) is 9.88. The van der Waals surface area contributed by atoms with Gasteiger partial charge in [0.05, 0.1) is 4.47 Å². The lowest BCUT2D eigenvalue weighted by atomic mass is 10.0. The third-order valence-electron chi connectivity index (χ3n) is 3.58. The number of nitrogens with two attached hydrogens (primary N) is 1. The zero-order chi connectivity index (χ0) is 15.6. The van der Waals surface area contributed by atoms with E-state index in [9.17, 15) is 0 Å².